The van der Waals surface area contributed by atoms with Gasteiger partial charge >= 0.3 is 0 Å². The predicted octanol–water partition coefficient (Wildman–Crippen LogP) is 4.92. The molecule has 0 aliphatic carbocycles. The Bertz CT molecular complexity index is 1250. The summed E-state index contributed by atoms with van der Waals surface area (Å²) < 4.78 is 2.21. The fourth-order valence-electron chi connectivity index (χ4n) is 4.51. The molecule has 3 aromatic heterocycles. The van der Waals surface area contributed by atoms with Crippen LogP contribution in [0.5, 0.6) is 0 Å². The minimum Gasteiger partial charge on any atom is -0.350 e. The summed E-state index contributed by atoms with van der Waals surface area (Å²) in [5.41, 5.74) is 4.95. The first-order valence-corrected chi connectivity index (χ1v) is 10.6. The van der Waals surface area contributed by atoms with Crippen molar-refractivity contribution in [3.8, 4) is 6.07 Å². The molecule has 0 saturated carbocycles. The van der Waals surface area contributed by atoms with E-state index in [0.29, 0.717) is 11.7 Å². The van der Waals surface area contributed by atoms with E-state index >= 15 is 0 Å². The van der Waals surface area contributed by atoms with E-state index in [4.69, 9.17) is 10.2 Å². The highest BCUT2D eigenvalue weighted by Crippen LogP contribution is 2.34. The molecular weight excluding hydrogens is 384 g/mol. The van der Waals surface area contributed by atoms with E-state index in [9.17, 15) is 0 Å². The lowest BCUT2D eigenvalue weighted by Crippen LogP contribution is -2.23. The number of likely N-dealkylation sites (tertiary alicyclic amines) is 1. The van der Waals surface area contributed by atoms with Gasteiger partial charge in [0.2, 0.25) is 0 Å². The molecule has 4 aromatic rings. The number of fused-ring (bicyclic) bond motifs is 1. The van der Waals surface area contributed by atoms with Crippen LogP contribution in [0, 0.1) is 11.3 Å². The Labute approximate surface area is 181 Å². The van der Waals surface area contributed by atoms with E-state index in [-0.39, 0.29) is 0 Å². The Balaban J connectivity index is 1.36. The minimum atomic E-state index is 0.305. The van der Waals surface area contributed by atoms with E-state index in [2.05, 4.69) is 69.4 Å². The second kappa shape index (κ2) is 8.21. The molecular formula is C25H24N6. The first-order chi connectivity index (χ1) is 15.2. The summed E-state index contributed by atoms with van der Waals surface area (Å²) in [5.74, 6) is 0.793. The van der Waals surface area contributed by atoms with Crippen molar-refractivity contribution in [2.45, 2.75) is 25.4 Å². The fourth-order valence-corrected chi connectivity index (χ4v) is 4.51. The first-order valence-electron chi connectivity index (χ1n) is 10.6. The number of hydrogen-bond donors (Lipinski definition) is 1. The van der Waals surface area contributed by atoms with E-state index in [1.165, 1.54) is 22.9 Å². The summed E-state index contributed by atoms with van der Waals surface area (Å²) in [7, 11) is 2.11. The number of nitrogens with one attached hydrogen (secondary N) is 1. The number of anilines is 2. The molecule has 1 aliphatic heterocycles. The van der Waals surface area contributed by atoms with Gasteiger partial charge in [0.25, 0.3) is 0 Å². The summed E-state index contributed by atoms with van der Waals surface area (Å²) in [6.07, 6.45) is 6.20. The molecule has 1 atom stereocenters. The molecule has 1 aliphatic rings. The Morgan fingerprint density at radius 2 is 2.03 bits per heavy atom. The third-order valence-corrected chi connectivity index (χ3v) is 5.98. The summed E-state index contributed by atoms with van der Waals surface area (Å²) in [6.45, 7) is 2.00. The first kappa shape index (κ1) is 19.3. The van der Waals surface area contributed by atoms with E-state index in [1.54, 1.807) is 12.3 Å². The SMILES string of the molecule is Cn1cc(CN2CCC[C@H]2c2cccc(Nc3ccc(C#N)nc3)n2)c2ccccc21. The van der Waals surface area contributed by atoms with Gasteiger partial charge in [0.1, 0.15) is 17.6 Å². The Morgan fingerprint density at radius 3 is 2.87 bits per heavy atom. The van der Waals surface area contributed by atoms with E-state index < -0.39 is 0 Å². The Kier molecular flexibility index (Phi) is 5.11. The highest BCUT2D eigenvalue weighted by Gasteiger charge is 2.28. The quantitative estimate of drug-likeness (QED) is 0.507. The van der Waals surface area contributed by atoms with Crippen LogP contribution in [-0.2, 0) is 13.6 Å². The number of aryl methyl sites for hydroxylation is 1. The predicted molar refractivity (Wildman–Crippen MR) is 122 cm³/mol. The summed E-state index contributed by atoms with van der Waals surface area (Å²) >= 11 is 0. The van der Waals surface area contributed by atoms with Crippen molar-refractivity contribution in [2.24, 2.45) is 7.05 Å². The van der Waals surface area contributed by atoms with Crippen molar-refractivity contribution in [3.63, 3.8) is 0 Å². The van der Waals surface area contributed by atoms with Gasteiger partial charge in [-0.3, -0.25) is 4.90 Å². The molecule has 0 spiro atoms. The van der Waals surface area contributed by atoms with Crippen LogP contribution < -0.4 is 5.32 Å². The number of rotatable bonds is 5. The third kappa shape index (κ3) is 3.88. The van der Waals surface area contributed by atoms with Gasteiger partial charge < -0.3 is 9.88 Å². The van der Waals surface area contributed by atoms with E-state index in [0.717, 1.165) is 36.7 Å². The highest BCUT2D eigenvalue weighted by molar-refractivity contribution is 5.83. The van der Waals surface area contributed by atoms with Crippen molar-refractivity contribution in [3.05, 3.63) is 83.9 Å². The number of pyridine rings is 2. The highest BCUT2D eigenvalue weighted by atomic mass is 15.2. The lowest BCUT2D eigenvalue weighted by Gasteiger charge is -2.24. The van der Waals surface area contributed by atoms with Crippen molar-refractivity contribution in [1.82, 2.24) is 19.4 Å². The molecule has 31 heavy (non-hydrogen) atoms. The minimum absolute atomic E-state index is 0.305. The molecule has 5 rings (SSSR count). The molecule has 1 fully saturated rings. The molecule has 6 nitrogen and oxygen atoms in total. The van der Waals surface area contributed by atoms with Gasteiger partial charge in [-0.15, -0.1) is 0 Å². The van der Waals surface area contributed by atoms with Crippen LogP contribution >= 0.6 is 0 Å². The zero-order valence-electron chi connectivity index (χ0n) is 17.5. The van der Waals surface area contributed by atoms with Crippen LogP contribution in [0.15, 0.2) is 67.0 Å². The molecule has 0 bridgehead atoms. The molecule has 1 N–H and O–H groups in total. The third-order valence-electron chi connectivity index (χ3n) is 5.98. The van der Waals surface area contributed by atoms with Crippen LogP contribution in [0.25, 0.3) is 10.9 Å². The molecule has 0 amide bonds. The zero-order chi connectivity index (χ0) is 21.2. The number of benzene rings is 1. The largest absolute Gasteiger partial charge is 0.350 e. The number of nitrogens with zero attached hydrogens (tertiary/aromatic N) is 5. The summed E-state index contributed by atoms with van der Waals surface area (Å²) in [4.78, 5) is 11.6. The Hall–Kier alpha value is -3.69. The standard InChI is InChI=1S/C25H24N6/c1-30-16-18(21-6-2-3-8-23(21)30)17-31-13-5-9-24(31)22-7-4-10-25(29-22)28-20-12-11-19(14-26)27-15-20/h2-4,6-8,10-12,15-16,24H,5,9,13,17H2,1H3,(H,28,29)/t24-/m0/s1. The molecule has 6 heteroatoms. The molecule has 0 unspecified atom stereocenters. The van der Waals surface area contributed by atoms with Crippen molar-refractivity contribution in [2.75, 3.05) is 11.9 Å². The maximum Gasteiger partial charge on any atom is 0.140 e. The average molecular weight is 409 g/mol. The Morgan fingerprint density at radius 1 is 1.13 bits per heavy atom. The summed E-state index contributed by atoms with van der Waals surface area (Å²) in [6, 6.07) is 20.6. The van der Waals surface area contributed by atoms with Gasteiger partial charge in [-0.1, -0.05) is 24.3 Å². The zero-order valence-corrected chi connectivity index (χ0v) is 17.5. The van der Waals surface area contributed by atoms with Crippen molar-refractivity contribution in [1.29, 1.82) is 5.26 Å². The van der Waals surface area contributed by atoms with Gasteiger partial charge in [-0.25, -0.2) is 9.97 Å². The molecule has 0 radical (unpaired) electrons. The van der Waals surface area contributed by atoms with E-state index in [1.807, 2.05) is 18.2 Å². The van der Waals surface area contributed by atoms with Gasteiger partial charge in [0.15, 0.2) is 0 Å². The molecule has 154 valence electrons. The van der Waals surface area contributed by atoms with Gasteiger partial charge in [0.05, 0.1) is 23.6 Å². The lowest BCUT2D eigenvalue weighted by atomic mass is 10.1. The number of aromatic nitrogens is 3. The molecule has 1 saturated heterocycles. The second-order valence-electron chi connectivity index (χ2n) is 8.03. The smallest absolute Gasteiger partial charge is 0.140 e. The topological polar surface area (TPSA) is 69.8 Å². The van der Waals surface area contributed by atoms with Crippen molar-refractivity contribution >= 4 is 22.4 Å². The number of hydrogen-bond acceptors (Lipinski definition) is 5. The van der Waals surface area contributed by atoms with Gasteiger partial charge in [-0.05, 0) is 55.3 Å². The van der Waals surface area contributed by atoms with Crippen LogP contribution in [-0.4, -0.2) is 26.0 Å². The maximum absolute atomic E-state index is 8.91. The van der Waals surface area contributed by atoms with Crippen LogP contribution in [0.4, 0.5) is 11.5 Å². The van der Waals surface area contributed by atoms with Gasteiger partial charge in [0, 0.05) is 30.7 Å². The number of nitriles is 1. The second-order valence-corrected chi connectivity index (χ2v) is 8.03. The summed E-state index contributed by atoms with van der Waals surface area (Å²) in [5, 5.41) is 13.5. The molecule has 4 heterocycles. The number of para-hydroxylation sites is 1. The maximum atomic E-state index is 8.91. The fraction of sp³-hybridized carbons (Fsp3) is 0.240. The normalized spacial score (nSPS) is 16.5. The van der Waals surface area contributed by atoms with Crippen LogP contribution in [0.2, 0.25) is 0 Å². The van der Waals surface area contributed by atoms with Crippen LogP contribution in [0.3, 0.4) is 0 Å². The monoisotopic (exact) mass is 408 g/mol. The van der Waals surface area contributed by atoms with Crippen molar-refractivity contribution < 1.29 is 0 Å². The van der Waals surface area contributed by atoms with Crippen LogP contribution in [0.1, 0.15) is 35.8 Å². The van der Waals surface area contributed by atoms with Gasteiger partial charge in [-0.2, -0.15) is 5.26 Å². The molecule has 1 aromatic carbocycles. The average Bonchev–Trinajstić information content (AvgIpc) is 3.39. The lowest BCUT2D eigenvalue weighted by molar-refractivity contribution is 0.245.